The molecule has 0 aromatic rings. The lowest BCUT2D eigenvalue weighted by Gasteiger charge is -2.33. The van der Waals surface area contributed by atoms with Gasteiger partial charge in [-0.2, -0.15) is 0 Å². The summed E-state index contributed by atoms with van der Waals surface area (Å²) in [5.74, 6) is -0.780. The molecule has 1 fully saturated rings. The maximum Gasteiger partial charge on any atom is 0.335 e. The van der Waals surface area contributed by atoms with Crippen LogP contribution in [-0.2, 0) is 9.53 Å². The Balaban J connectivity index is 2.71. The summed E-state index contributed by atoms with van der Waals surface area (Å²) in [5.41, 5.74) is -0.908. The molecule has 0 amide bonds. The quantitative estimate of drug-likeness (QED) is 0.785. The fourth-order valence-electron chi connectivity index (χ4n) is 2.31. The first-order valence-corrected chi connectivity index (χ1v) is 5.98. The van der Waals surface area contributed by atoms with Gasteiger partial charge in [-0.1, -0.05) is 19.3 Å². The predicted molar refractivity (Wildman–Crippen MR) is 58.9 cm³/mol. The lowest BCUT2D eigenvalue weighted by molar-refractivity contribution is -0.175. The number of aliphatic carboxylic acids is 1. The molecule has 1 aliphatic carbocycles. The molecule has 88 valence electrons. The molecule has 0 saturated heterocycles. The molecule has 0 unspecified atom stereocenters. The summed E-state index contributed by atoms with van der Waals surface area (Å²) in [7, 11) is 0. The highest BCUT2D eigenvalue weighted by atomic mass is 16.5. The van der Waals surface area contributed by atoms with Crippen LogP contribution in [0.15, 0.2) is 0 Å². The summed E-state index contributed by atoms with van der Waals surface area (Å²) in [4.78, 5) is 11.4. The summed E-state index contributed by atoms with van der Waals surface area (Å²) in [5, 5.41) is 9.33. The van der Waals surface area contributed by atoms with Crippen LogP contribution in [-0.4, -0.2) is 22.8 Å². The van der Waals surface area contributed by atoms with Crippen molar-refractivity contribution in [3.05, 3.63) is 0 Å². The van der Waals surface area contributed by atoms with Crippen LogP contribution in [0.25, 0.3) is 0 Å². The third-order valence-electron chi connectivity index (χ3n) is 3.01. The molecule has 1 saturated carbocycles. The van der Waals surface area contributed by atoms with Gasteiger partial charge in [-0.3, -0.25) is 0 Å². The Labute approximate surface area is 91.8 Å². The number of carbonyl (C=O) groups is 1. The number of carboxylic acids is 1. The average molecular weight is 214 g/mol. The molecule has 0 atom stereocenters. The van der Waals surface area contributed by atoms with E-state index in [-0.39, 0.29) is 6.10 Å². The first kappa shape index (κ1) is 12.5. The Morgan fingerprint density at radius 2 is 1.60 bits per heavy atom. The van der Waals surface area contributed by atoms with Crippen LogP contribution in [0, 0.1) is 0 Å². The third-order valence-corrected chi connectivity index (χ3v) is 3.01. The zero-order valence-corrected chi connectivity index (χ0v) is 9.79. The SMILES string of the molecule is CC(C)OC1(C(=O)O)CCCCCCC1. The number of hydrogen-bond acceptors (Lipinski definition) is 2. The smallest absolute Gasteiger partial charge is 0.335 e. The third kappa shape index (κ3) is 3.49. The van der Waals surface area contributed by atoms with E-state index in [1.165, 1.54) is 6.42 Å². The summed E-state index contributed by atoms with van der Waals surface area (Å²) in [6.07, 6.45) is 6.77. The van der Waals surface area contributed by atoms with Gasteiger partial charge in [0, 0.05) is 0 Å². The van der Waals surface area contributed by atoms with Crippen molar-refractivity contribution in [3.8, 4) is 0 Å². The first-order chi connectivity index (χ1) is 7.07. The van der Waals surface area contributed by atoms with E-state index in [0.717, 1.165) is 25.7 Å². The highest BCUT2D eigenvalue weighted by Crippen LogP contribution is 2.31. The fraction of sp³-hybridized carbons (Fsp3) is 0.917. The van der Waals surface area contributed by atoms with Crippen LogP contribution >= 0.6 is 0 Å². The number of carboxylic acid groups (broad SMARTS) is 1. The van der Waals surface area contributed by atoms with E-state index in [2.05, 4.69) is 0 Å². The molecule has 0 aliphatic heterocycles. The minimum Gasteiger partial charge on any atom is -0.479 e. The van der Waals surface area contributed by atoms with E-state index in [4.69, 9.17) is 4.74 Å². The lowest BCUT2D eigenvalue weighted by atomic mass is 9.86. The van der Waals surface area contributed by atoms with Gasteiger partial charge in [0.25, 0.3) is 0 Å². The van der Waals surface area contributed by atoms with Gasteiger partial charge < -0.3 is 9.84 Å². The van der Waals surface area contributed by atoms with E-state index < -0.39 is 11.6 Å². The second-order valence-corrected chi connectivity index (χ2v) is 4.73. The molecule has 1 rings (SSSR count). The Kier molecular flexibility index (Phi) is 4.58. The maximum atomic E-state index is 11.4. The van der Waals surface area contributed by atoms with Gasteiger partial charge in [-0.15, -0.1) is 0 Å². The Hall–Kier alpha value is -0.570. The van der Waals surface area contributed by atoms with Crippen LogP contribution in [0.1, 0.15) is 58.8 Å². The van der Waals surface area contributed by atoms with Gasteiger partial charge >= 0.3 is 5.97 Å². The van der Waals surface area contributed by atoms with E-state index in [1.54, 1.807) is 0 Å². The summed E-state index contributed by atoms with van der Waals surface area (Å²) < 4.78 is 5.68. The van der Waals surface area contributed by atoms with Crippen molar-refractivity contribution in [2.75, 3.05) is 0 Å². The van der Waals surface area contributed by atoms with Crippen LogP contribution < -0.4 is 0 Å². The van der Waals surface area contributed by atoms with Crippen molar-refractivity contribution < 1.29 is 14.6 Å². The van der Waals surface area contributed by atoms with Gasteiger partial charge in [-0.25, -0.2) is 4.79 Å². The second-order valence-electron chi connectivity index (χ2n) is 4.73. The Morgan fingerprint density at radius 1 is 1.13 bits per heavy atom. The van der Waals surface area contributed by atoms with E-state index >= 15 is 0 Å². The van der Waals surface area contributed by atoms with Crippen molar-refractivity contribution >= 4 is 5.97 Å². The highest BCUT2D eigenvalue weighted by Gasteiger charge is 2.39. The van der Waals surface area contributed by atoms with Gasteiger partial charge in [0.1, 0.15) is 0 Å². The molecule has 0 aromatic heterocycles. The molecule has 15 heavy (non-hydrogen) atoms. The normalized spacial score (nSPS) is 22.1. The zero-order valence-electron chi connectivity index (χ0n) is 9.79. The highest BCUT2D eigenvalue weighted by molar-refractivity contribution is 5.77. The van der Waals surface area contributed by atoms with Crippen molar-refractivity contribution in [1.82, 2.24) is 0 Å². The first-order valence-electron chi connectivity index (χ1n) is 5.98. The van der Waals surface area contributed by atoms with E-state index in [0.29, 0.717) is 12.8 Å². The van der Waals surface area contributed by atoms with Gasteiger partial charge in [0.05, 0.1) is 6.10 Å². The molecular formula is C12H22O3. The summed E-state index contributed by atoms with van der Waals surface area (Å²) >= 11 is 0. The standard InChI is InChI=1S/C12H22O3/c1-10(2)15-12(11(13)14)8-6-4-3-5-7-9-12/h10H,3-9H2,1-2H3,(H,13,14). The lowest BCUT2D eigenvalue weighted by Crippen LogP contribution is -2.44. The molecule has 0 heterocycles. The van der Waals surface area contributed by atoms with E-state index in [1.807, 2.05) is 13.8 Å². The predicted octanol–water partition coefficient (Wildman–Crippen LogP) is 2.98. The maximum absolute atomic E-state index is 11.4. The molecule has 0 aromatic carbocycles. The van der Waals surface area contributed by atoms with Crippen molar-refractivity contribution in [2.45, 2.75) is 70.5 Å². The van der Waals surface area contributed by atoms with E-state index in [9.17, 15) is 9.90 Å². The van der Waals surface area contributed by atoms with Crippen LogP contribution in [0.4, 0.5) is 0 Å². The summed E-state index contributed by atoms with van der Waals surface area (Å²) in [6.45, 7) is 3.81. The summed E-state index contributed by atoms with van der Waals surface area (Å²) in [6, 6.07) is 0. The molecule has 1 aliphatic rings. The topological polar surface area (TPSA) is 46.5 Å². The minimum atomic E-state index is -0.908. The molecule has 3 heteroatoms. The number of hydrogen-bond donors (Lipinski definition) is 1. The monoisotopic (exact) mass is 214 g/mol. The fourth-order valence-corrected chi connectivity index (χ4v) is 2.31. The van der Waals surface area contributed by atoms with Crippen molar-refractivity contribution in [3.63, 3.8) is 0 Å². The largest absolute Gasteiger partial charge is 0.479 e. The Morgan fingerprint density at radius 3 is 2.00 bits per heavy atom. The zero-order chi connectivity index (χ0) is 11.3. The molecule has 1 N–H and O–H groups in total. The average Bonchev–Trinajstić information content (AvgIpc) is 2.08. The molecule has 0 bridgehead atoms. The van der Waals surface area contributed by atoms with Gasteiger partial charge in [0.2, 0.25) is 0 Å². The van der Waals surface area contributed by atoms with Crippen LogP contribution in [0.2, 0.25) is 0 Å². The second kappa shape index (κ2) is 5.50. The van der Waals surface area contributed by atoms with Crippen molar-refractivity contribution in [2.24, 2.45) is 0 Å². The molecule has 0 radical (unpaired) electrons. The number of ether oxygens (including phenoxy) is 1. The molecular weight excluding hydrogens is 192 g/mol. The molecule has 0 spiro atoms. The molecule has 3 nitrogen and oxygen atoms in total. The van der Waals surface area contributed by atoms with Crippen LogP contribution in [0.5, 0.6) is 0 Å². The van der Waals surface area contributed by atoms with Crippen molar-refractivity contribution in [1.29, 1.82) is 0 Å². The number of rotatable bonds is 3. The van der Waals surface area contributed by atoms with Gasteiger partial charge in [0.15, 0.2) is 5.60 Å². The minimum absolute atomic E-state index is 0.0134. The van der Waals surface area contributed by atoms with Crippen LogP contribution in [0.3, 0.4) is 0 Å². The Bertz CT molecular complexity index is 203. The van der Waals surface area contributed by atoms with Gasteiger partial charge in [-0.05, 0) is 39.5 Å².